The summed E-state index contributed by atoms with van der Waals surface area (Å²) in [6, 6.07) is 16.4. The molecule has 0 aliphatic carbocycles. The molecule has 0 spiro atoms. The number of halogens is 1. The van der Waals surface area contributed by atoms with Crippen molar-refractivity contribution in [3.63, 3.8) is 0 Å². The fraction of sp³-hybridized carbons (Fsp3) is 0.150. The predicted molar refractivity (Wildman–Crippen MR) is 100 cm³/mol. The van der Waals surface area contributed by atoms with E-state index in [0.29, 0.717) is 28.0 Å². The number of anilines is 1. The molecule has 1 aliphatic heterocycles. The van der Waals surface area contributed by atoms with Crippen LogP contribution < -0.4 is 19.5 Å². The van der Waals surface area contributed by atoms with Gasteiger partial charge in [0.05, 0.1) is 0 Å². The van der Waals surface area contributed by atoms with Crippen LogP contribution in [-0.4, -0.2) is 18.8 Å². The topological polar surface area (TPSA) is 56.8 Å². The average molecular weight is 370 g/mol. The van der Waals surface area contributed by atoms with Crippen molar-refractivity contribution in [3.05, 3.63) is 59.6 Å². The molecular formula is C20H16ClNO4. The number of fused-ring (bicyclic) bond motifs is 2. The minimum absolute atomic E-state index is 0.190. The molecule has 3 aromatic carbocycles. The first kappa shape index (κ1) is 16.5. The van der Waals surface area contributed by atoms with Crippen molar-refractivity contribution in [2.24, 2.45) is 0 Å². The molecule has 3 aromatic rings. The Labute approximate surface area is 155 Å². The summed E-state index contributed by atoms with van der Waals surface area (Å²) in [5.41, 5.74) is 0.621. The number of carbonyl (C=O) groups is 1. The molecule has 1 heterocycles. The van der Waals surface area contributed by atoms with Crippen LogP contribution >= 0.6 is 11.6 Å². The summed E-state index contributed by atoms with van der Waals surface area (Å²) < 4.78 is 16.5. The third-order valence-corrected chi connectivity index (χ3v) is 4.47. The van der Waals surface area contributed by atoms with E-state index >= 15 is 0 Å². The van der Waals surface area contributed by atoms with Crippen molar-refractivity contribution in [2.45, 2.75) is 13.0 Å². The second-order valence-corrected chi connectivity index (χ2v) is 6.32. The molecule has 0 bridgehead atoms. The number of hydrogen-bond donors (Lipinski definition) is 1. The molecule has 0 fully saturated rings. The highest BCUT2D eigenvalue weighted by atomic mass is 35.5. The van der Waals surface area contributed by atoms with Crippen LogP contribution in [0.1, 0.15) is 6.92 Å². The number of carbonyl (C=O) groups excluding carboxylic acids is 1. The molecule has 0 saturated carbocycles. The molecule has 4 rings (SSSR count). The number of ether oxygens (including phenoxy) is 3. The number of nitrogens with one attached hydrogen (secondary N) is 1. The van der Waals surface area contributed by atoms with E-state index in [4.69, 9.17) is 25.8 Å². The third-order valence-electron chi connectivity index (χ3n) is 4.14. The molecule has 26 heavy (non-hydrogen) atoms. The fourth-order valence-corrected chi connectivity index (χ4v) is 3.03. The van der Waals surface area contributed by atoms with Gasteiger partial charge in [-0.25, -0.2) is 0 Å². The Hall–Kier alpha value is -2.92. The lowest BCUT2D eigenvalue weighted by Crippen LogP contribution is -2.30. The average Bonchev–Trinajstić information content (AvgIpc) is 3.12. The van der Waals surface area contributed by atoms with E-state index in [9.17, 15) is 4.79 Å². The third kappa shape index (κ3) is 3.13. The van der Waals surface area contributed by atoms with Crippen LogP contribution in [0.4, 0.5) is 5.69 Å². The number of rotatable bonds is 4. The lowest BCUT2D eigenvalue weighted by molar-refractivity contribution is -0.122. The molecule has 1 N–H and O–H groups in total. The zero-order chi connectivity index (χ0) is 18.1. The van der Waals surface area contributed by atoms with Gasteiger partial charge in [0, 0.05) is 27.5 Å². The molecule has 1 aliphatic rings. The van der Waals surface area contributed by atoms with E-state index in [0.717, 1.165) is 10.8 Å². The second kappa shape index (κ2) is 6.77. The normalized spacial score (nSPS) is 13.5. The van der Waals surface area contributed by atoms with Gasteiger partial charge in [0.2, 0.25) is 6.79 Å². The van der Waals surface area contributed by atoms with E-state index in [2.05, 4.69) is 5.32 Å². The molecule has 6 heteroatoms. The van der Waals surface area contributed by atoms with Gasteiger partial charge in [-0.15, -0.1) is 0 Å². The molecule has 1 amide bonds. The maximum Gasteiger partial charge on any atom is 0.265 e. The van der Waals surface area contributed by atoms with Crippen molar-refractivity contribution in [1.29, 1.82) is 0 Å². The van der Waals surface area contributed by atoms with Crippen molar-refractivity contribution in [2.75, 3.05) is 12.1 Å². The monoisotopic (exact) mass is 369 g/mol. The maximum atomic E-state index is 12.5. The van der Waals surface area contributed by atoms with Crippen LogP contribution in [0.15, 0.2) is 54.6 Å². The van der Waals surface area contributed by atoms with Crippen LogP contribution in [0.5, 0.6) is 17.2 Å². The summed E-state index contributed by atoms with van der Waals surface area (Å²) in [5.74, 6) is 1.63. The summed E-state index contributed by atoms with van der Waals surface area (Å²) in [6.07, 6.45) is -0.690. The van der Waals surface area contributed by atoms with E-state index in [-0.39, 0.29) is 12.7 Å². The second-order valence-electron chi connectivity index (χ2n) is 5.91. The SMILES string of the molecule is CC(Oc1ccc(Cl)c2ccccc12)C(=O)Nc1ccc2c(c1)OCO2. The Kier molecular flexibility index (Phi) is 4.31. The van der Waals surface area contributed by atoms with E-state index < -0.39 is 6.10 Å². The van der Waals surface area contributed by atoms with Crippen molar-refractivity contribution in [3.8, 4) is 17.2 Å². The van der Waals surface area contributed by atoms with Crippen LogP contribution in [-0.2, 0) is 4.79 Å². The summed E-state index contributed by atoms with van der Waals surface area (Å²) in [6.45, 7) is 1.89. The quantitative estimate of drug-likeness (QED) is 0.728. The lowest BCUT2D eigenvalue weighted by atomic mass is 10.1. The highest BCUT2D eigenvalue weighted by Crippen LogP contribution is 2.34. The van der Waals surface area contributed by atoms with E-state index in [1.54, 1.807) is 37.3 Å². The Morgan fingerprint density at radius 1 is 1.08 bits per heavy atom. The van der Waals surface area contributed by atoms with Crippen LogP contribution in [0, 0.1) is 0 Å². The summed E-state index contributed by atoms with van der Waals surface area (Å²) in [4.78, 5) is 12.5. The first-order valence-electron chi connectivity index (χ1n) is 8.16. The van der Waals surface area contributed by atoms with Crippen LogP contribution in [0.25, 0.3) is 10.8 Å². The summed E-state index contributed by atoms with van der Waals surface area (Å²) in [7, 11) is 0. The van der Waals surface area contributed by atoms with Gasteiger partial charge in [-0.2, -0.15) is 0 Å². The molecule has 132 valence electrons. The zero-order valence-corrected chi connectivity index (χ0v) is 14.7. The fourth-order valence-electron chi connectivity index (χ4n) is 2.80. The van der Waals surface area contributed by atoms with E-state index in [1.807, 2.05) is 24.3 Å². The zero-order valence-electron chi connectivity index (χ0n) is 14.0. The van der Waals surface area contributed by atoms with Gasteiger partial charge in [0.25, 0.3) is 5.91 Å². The largest absolute Gasteiger partial charge is 0.480 e. The highest BCUT2D eigenvalue weighted by molar-refractivity contribution is 6.35. The molecule has 0 aromatic heterocycles. The molecular weight excluding hydrogens is 354 g/mol. The lowest BCUT2D eigenvalue weighted by Gasteiger charge is -2.17. The van der Waals surface area contributed by atoms with Crippen molar-refractivity contribution < 1.29 is 19.0 Å². The van der Waals surface area contributed by atoms with Gasteiger partial charge in [-0.3, -0.25) is 4.79 Å². The van der Waals surface area contributed by atoms with Gasteiger partial charge in [-0.05, 0) is 31.2 Å². The van der Waals surface area contributed by atoms with Crippen LogP contribution in [0.2, 0.25) is 5.02 Å². The number of hydrogen-bond acceptors (Lipinski definition) is 4. The first-order valence-corrected chi connectivity index (χ1v) is 8.54. The molecule has 0 saturated heterocycles. The first-order chi connectivity index (χ1) is 12.6. The van der Waals surface area contributed by atoms with Gasteiger partial charge in [0.15, 0.2) is 17.6 Å². The highest BCUT2D eigenvalue weighted by Gasteiger charge is 2.19. The Morgan fingerprint density at radius 3 is 2.69 bits per heavy atom. The minimum Gasteiger partial charge on any atom is -0.480 e. The predicted octanol–water partition coefficient (Wildman–Crippen LogP) is 4.63. The van der Waals surface area contributed by atoms with E-state index in [1.165, 1.54) is 0 Å². The van der Waals surface area contributed by atoms with Crippen LogP contribution in [0.3, 0.4) is 0 Å². The van der Waals surface area contributed by atoms with Gasteiger partial charge < -0.3 is 19.5 Å². The van der Waals surface area contributed by atoms with Gasteiger partial charge >= 0.3 is 0 Å². The summed E-state index contributed by atoms with van der Waals surface area (Å²) >= 11 is 6.22. The van der Waals surface area contributed by atoms with Gasteiger partial charge in [-0.1, -0.05) is 35.9 Å². The number of benzene rings is 3. The Balaban J connectivity index is 1.50. The molecule has 5 nitrogen and oxygen atoms in total. The Morgan fingerprint density at radius 2 is 1.85 bits per heavy atom. The minimum atomic E-state index is -0.690. The maximum absolute atomic E-state index is 12.5. The van der Waals surface area contributed by atoms with Crippen molar-refractivity contribution in [1.82, 2.24) is 0 Å². The Bertz CT molecular complexity index is 989. The number of amides is 1. The smallest absolute Gasteiger partial charge is 0.265 e. The molecule has 0 radical (unpaired) electrons. The summed E-state index contributed by atoms with van der Waals surface area (Å²) in [5, 5.41) is 5.22. The standard InChI is InChI=1S/C20H16ClNO4/c1-12(20(23)22-13-6-8-18-19(10-13)25-11-24-18)26-17-9-7-16(21)14-4-2-3-5-15(14)17/h2-10,12H,11H2,1H3,(H,22,23). The molecule has 1 unspecified atom stereocenters. The molecule has 1 atom stereocenters. The van der Waals surface area contributed by atoms with Crippen molar-refractivity contribution >= 4 is 34.0 Å². The van der Waals surface area contributed by atoms with Gasteiger partial charge in [0.1, 0.15) is 5.75 Å².